The van der Waals surface area contributed by atoms with Gasteiger partial charge in [0.15, 0.2) is 0 Å². The van der Waals surface area contributed by atoms with Crippen molar-refractivity contribution in [1.29, 1.82) is 0 Å². The Balaban J connectivity index is 3.07. The van der Waals surface area contributed by atoms with Crippen molar-refractivity contribution in [3.63, 3.8) is 0 Å². The lowest BCUT2D eigenvalue weighted by molar-refractivity contribution is -0.385. The zero-order valence-electron chi connectivity index (χ0n) is 10.2. The average molecular weight is 317 g/mol. The topological polar surface area (TPSA) is 46.4 Å². The molecule has 1 aromatic carbocycles. The lowest BCUT2D eigenvalue weighted by Crippen LogP contribution is -2.10. The molecule has 0 aromatic heterocycles. The summed E-state index contributed by atoms with van der Waals surface area (Å²) in [6.07, 6.45) is 4.22. The quantitative estimate of drug-likeness (QED) is 0.613. The lowest BCUT2D eigenvalue weighted by Gasteiger charge is -2.11. The van der Waals surface area contributed by atoms with E-state index in [4.69, 9.17) is 0 Å². The molecule has 0 fully saturated rings. The Labute approximate surface area is 113 Å². The molecule has 0 atom stereocenters. The maximum Gasteiger partial charge on any atom is 0.277 e. The van der Waals surface area contributed by atoms with E-state index in [1.54, 1.807) is 12.3 Å². The fourth-order valence-electron chi connectivity index (χ4n) is 1.48. The Morgan fingerprint density at radius 2 is 2.22 bits per heavy atom. The first-order valence-corrected chi connectivity index (χ1v) is 6.27. The highest BCUT2D eigenvalue weighted by Gasteiger charge is 2.15. The zero-order chi connectivity index (χ0) is 13.7. The number of nitro benzene ring substituents is 1. The summed E-state index contributed by atoms with van der Waals surface area (Å²) in [5.41, 5.74) is 0.132. The fourth-order valence-corrected chi connectivity index (χ4v) is 1.81. The third kappa shape index (κ3) is 3.80. The van der Waals surface area contributed by atoms with Crippen molar-refractivity contribution in [3.05, 3.63) is 44.3 Å². The van der Waals surface area contributed by atoms with Crippen LogP contribution in [0.2, 0.25) is 0 Å². The van der Waals surface area contributed by atoms with Crippen LogP contribution >= 0.6 is 15.9 Å². The Kier molecular flexibility index (Phi) is 5.27. The van der Waals surface area contributed by atoms with Crippen molar-refractivity contribution in [2.45, 2.75) is 13.3 Å². The fraction of sp³-hybridized carbons (Fsp3) is 0.333. The number of nitro groups is 1. The Bertz CT molecular complexity index is 477. The molecule has 0 spiro atoms. The van der Waals surface area contributed by atoms with Gasteiger partial charge in [0.25, 0.3) is 5.69 Å². The van der Waals surface area contributed by atoms with Gasteiger partial charge in [0, 0.05) is 19.7 Å². The van der Waals surface area contributed by atoms with Crippen LogP contribution in [0.3, 0.4) is 0 Å². The van der Waals surface area contributed by atoms with Crippen molar-refractivity contribution in [2.75, 3.05) is 13.6 Å². The molecule has 6 heteroatoms. The molecule has 0 heterocycles. The SMILES string of the molecule is CCCN(C)/C=C/c1cc(F)c(Br)cc1[N+](=O)[O-]. The lowest BCUT2D eigenvalue weighted by atomic mass is 10.1. The highest BCUT2D eigenvalue weighted by molar-refractivity contribution is 9.10. The molecule has 0 unspecified atom stereocenters. The molecule has 1 rings (SSSR count). The normalized spacial score (nSPS) is 10.9. The third-order valence-electron chi connectivity index (χ3n) is 2.35. The van der Waals surface area contributed by atoms with Gasteiger partial charge in [0.05, 0.1) is 15.0 Å². The minimum absolute atomic E-state index is 0.0910. The van der Waals surface area contributed by atoms with Crippen molar-refractivity contribution in [3.8, 4) is 0 Å². The van der Waals surface area contributed by atoms with Crippen LogP contribution in [0.5, 0.6) is 0 Å². The molecule has 0 bridgehead atoms. The molecule has 0 amide bonds. The van der Waals surface area contributed by atoms with E-state index < -0.39 is 10.7 Å². The van der Waals surface area contributed by atoms with E-state index in [0.717, 1.165) is 19.0 Å². The smallest absolute Gasteiger partial charge is 0.277 e. The van der Waals surface area contributed by atoms with Crippen molar-refractivity contribution in [1.82, 2.24) is 4.90 Å². The summed E-state index contributed by atoms with van der Waals surface area (Å²) in [6.45, 7) is 2.87. The average Bonchev–Trinajstić information content (AvgIpc) is 2.30. The van der Waals surface area contributed by atoms with Crippen LogP contribution in [0.4, 0.5) is 10.1 Å². The van der Waals surface area contributed by atoms with Gasteiger partial charge in [-0.2, -0.15) is 0 Å². The van der Waals surface area contributed by atoms with E-state index >= 15 is 0 Å². The highest BCUT2D eigenvalue weighted by atomic mass is 79.9. The Hall–Kier alpha value is -1.43. The van der Waals surface area contributed by atoms with E-state index in [1.165, 1.54) is 6.07 Å². The number of hydrogen-bond acceptors (Lipinski definition) is 3. The number of rotatable bonds is 5. The van der Waals surface area contributed by atoms with E-state index in [0.29, 0.717) is 0 Å². The van der Waals surface area contributed by atoms with Gasteiger partial charge in [-0.15, -0.1) is 0 Å². The minimum Gasteiger partial charge on any atom is -0.380 e. The standard InChI is InChI=1S/C12H14BrFN2O2/c1-3-5-15(2)6-4-9-7-11(14)10(13)8-12(9)16(17)18/h4,6-8H,3,5H2,1-2H3/b6-4+. The first-order chi connectivity index (χ1) is 8.45. The molecule has 0 N–H and O–H groups in total. The van der Waals surface area contributed by atoms with Crippen molar-refractivity contribution in [2.24, 2.45) is 0 Å². The molecular formula is C12H14BrFN2O2. The molecule has 0 aliphatic heterocycles. The number of hydrogen-bond donors (Lipinski definition) is 0. The largest absolute Gasteiger partial charge is 0.380 e. The molecule has 18 heavy (non-hydrogen) atoms. The monoisotopic (exact) mass is 316 g/mol. The van der Waals surface area contributed by atoms with Crippen LogP contribution in [0.1, 0.15) is 18.9 Å². The van der Waals surface area contributed by atoms with Crippen LogP contribution < -0.4 is 0 Å². The van der Waals surface area contributed by atoms with Crippen LogP contribution in [0, 0.1) is 15.9 Å². The van der Waals surface area contributed by atoms with Gasteiger partial charge in [-0.25, -0.2) is 4.39 Å². The minimum atomic E-state index is -0.524. The molecule has 0 saturated heterocycles. The summed E-state index contributed by atoms with van der Waals surface area (Å²) in [5, 5.41) is 10.9. The summed E-state index contributed by atoms with van der Waals surface area (Å²) < 4.78 is 13.5. The van der Waals surface area contributed by atoms with Crippen LogP contribution in [-0.4, -0.2) is 23.4 Å². The second-order valence-electron chi connectivity index (χ2n) is 3.88. The summed E-state index contributed by atoms with van der Waals surface area (Å²) in [5.74, 6) is -0.515. The molecule has 4 nitrogen and oxygen atoms in total. The first kappa shape index (κ1) is 14.6. The van der Waals surface area contributed by atoms with Gasteiger partial charge in [-0.05, 0) is 40.7 Å². The summed E-state index contributed by atoms with van der Waals surface area (Å²) in [4.78, 5) is 12.2. The number of nitrogens with zero attached hydrogens (tertiary/aromatic N) is 2. The zero-order valence-corrected chi connectivity index (χ0v) is 11.8. The molecule has 0 radical (unpaired) electrons. The number of halogens is 2. The maximum atomic E-state index is 13.4. The summed E-state index contributed by atoms with van der Waals surface area (Å²) in [7, 11) is 1.86. The van der Waals surface area contributed by atoms with Gasteiger partial charge in [0.2, 0.25) is 0 Å². The van der Waals surface area contributed by atoms with Crippen LogP contribution in [0.25, 0.3) is 6.08 Å². The van der Waals surface area contributed by atoms with E-state index in [2.05, 4.69) is 15.9 Å². The second kappa shape index (κ2) is 6.49. The second-order valence-corrected chi connectivity index (χ2v) is 4.73. The van der Waals surface area contributed by atoms with Crippen molar-refractivity contribution >= 4 is 27.7 Å². The van der Waals surface area contributed by atoms with Gasteiger partial charge in [-0.1, -0.05) is 6.92 Å². The predicted octanol–water partition coefficient (Wildman–Crippen LogP) is 3.81. The number of benzene rings is 1. The Morgan fingerprint density at radius 1 is 1.56 bits per heavy atom. The summed E-state index contributed by atoms with van der Waals surface area (Å²) in [6, 6.07) is 2.33. The van der Waals surface area contributed by atoms with Gasteiger partial charge in [0.1, 0.15) is 5.82 Å². The van der Waals surface area contributed by atoms with Crippen LogP contribution in [0.15, 0.2) is 22.8 Å². The van der Waals surface area contributed by atoms with Crippen LogP contribution in [-0.2, 0) is 0 Å². The molecular weight excluding hydrogens is 303 g/mol. The molecule has 0 aliphatic rings. The maximum absolute atomic E-state index is 13.4. The molecule has 98 valence electrons. The summed E-state index contributed by atoms with van der Waals surface area (Å²) >= 11 is 2.94. The van der Waals surface area contributed by atoms with Gasteiger partial charge in [-0.3, -0.25) is 10.1 Å². The van der Waals surface area contributed by atoms with Gasteiger partial charge < -0.3 is 4.90 Å². The highest BCUT2D eigenvalue weighted by Crippen LogP contribution is 2.27. The molecule has 0 aliphatic carbocycles. The van der Waals surface area contributed by atoms with Gasteiger partial charge >= 0.3 is 0 Å². The molecule has 0 saturated carbocycles. The van der Waals surface area contributed by atoms with E-state index in [9.17, 15) is 14.5 Å². The first-order valence-electron chi connectivity index (χ1n) is 5.47. The molecule has 1 aromatic rings. The van der Waals surface area contributed by atoms with E-state index in [1.807, 2.05) is 18.9 Å². The third-order valence-corrected chi connectivity index (χ3v) is 2.96. The van der Waals surface area contributed by atoms with Crippen molar-refractivity contribution < 1.29 is 9.31 Å². The predicted molar refractivity (Wildman–Crippen MR) is 72.7 cm³/mol. The van der Waals surface area contributed by atoms with E-state index in [-0.39, 0.29) is 15.7 Å². The Morgan fingerprint density at radius 3 is 2.78 bits per heavy atom.